The Labute approximate surface area is 123 Å². The van der Waals surface area contributed by atoms with E-state index in [2.05, 4.69) is 30.7 Å². The number of aromatic nitrogens is 4. The van der Waals surface area contributed by atoms with Gasteiger partial charge in [0.25, 0.3) is 0 Å². The Kier molecular flexibility index (Phi) is 5.08. The Hall–Kier alpha value is -2.64. The summed E-state index contributed by atoms with van der Waals surface area (Å²) in [6.07, 6.45) is 3.29. The number of guanidine groups is 1. The van der Waals surface area contributed by atoms with Gasteiger partial charge in [0, 0.05) is 32.9 Å². The number of aliphatic imine (C=N–C) groups is 1. The van der Waals surface area contributed by atoms with Gasteiger partial charge in [0.1, 0.15) is 12.2 Å². The maximum atomic E-state index is 5.02. The van der Waals surface area contributed by atoms with Gasteiger partial charge in [-0.3, -0.25) is 9.67 Å². The van der Waals surface area contributed by atoms with Gasteiger partial charge in [-0.15, -0.1) is 0 Å². The number of methoxy groups -OCH3 is 1. The molecule has 2 rings (SSSR count). The summed E-state index contributed by atoms with van der Waals surface area (Å²) < 4.78 is 6.74. The van der Waals surface area contributed by atoms with Gasteiger partial charge in [0.15, 0.2) is 5.96 Å². The summed E-state index contributed by atoms with van der Waals surface area (Å²) in [6, 6.07) is 3.78. The second kappa shape index (κ2) is 7.22. The molecule has 0 radical (unpaired) electrons. The van der Waals surface area contributed by atoms with E-state index < -0.39 is 0 Å². The van der Waals surface area contributed by atoms with Crippen molar-refractivity contribution in [2.75, 3.05) is 14.2 Å². The van der Waals surface area contributed by atoms with Crippen LogP contribution in [0.3, 0.4) is 0 Å². The molecule has 0 bridgehead atoms. The molecule has 8 nitrogen and oxygen atoms in total. The number of ether oxygens (including phenoxy) is 1. The van der Waals surface area contributed by atoms with Crippen LogP contribution in [0.4, 0.5) is 0 Å². The van der Waals surface area contributed by atoms with Crippen LogP contribution in [0.2, 0.25) is 0 Å². The fourth-order valence-electron chi connectivity index (χ4n) is 1.69. The molecule has 0 saturated heterocycles. The highest BCUT2D eigenvalue weighted by molar-refractivity contribution is 5.79. The summed E-state index contributed by atoms with van der Waals surface area (Å²) in [4.78, 5) is 12.5. The summed E-state index contributed by atoms with van der Waals surface area (Å²) in [5, 5.41) is 10.4. The van der Waals surface area contributed by atoms with Crippen LogP contribution in [0.5, 0.6) is 5.88 Å². The number of rotatable bonds is 5. The van der Waals surface area contributed by atoms with Crippen LogP contribution in [-0.2, 0) is 20.1 Å². The van der Waals surface area contributed by atoms with Crippen molar-refractivity contribution in [2.24, 2.45) is 12.0 Å². The number of aryl methyl sites for hydroxylation is 1. The van der Waals surface area contributed by atoms with Crippen molar-refractivity contribution < 1.29 is 4.74 Å². The summed E-state index contributed by atoms with van der Waals surface area (Å²) >= 11 is 0. The molecule has 0 fully saturated rings. The van der Waals surface area contributed by atoms with Crippen molar-refractivity contribution in [3.63, 3.8) is 0 Å². The lowest BCUT2D eigenvalue weighted by molar-refractivity contribution is 0.397. The van der Waals surface area contributed by atoms with Crippen LogP contribution < -0.4 is 15.4 Å². The molecule has 0 atom stereocenters. The van der Waals surface area contributed by atoms with Crippen LogP contribution in [0.1, 0.15) is 11.4 Å². The van der Waals surface area contributed by atoms with Gasteiger partial charge in [-0.25, -0.2) is 9.97 Å². The number of nitrogens with zero attached hydrogens (tertiary/aromatic N) is 5. The summed E-state index contributed by atoms with van der Waals surface area (Å²) in [7, 11) is 5.17. The third-order valence-electron chi connectivity index (χ3n) is 2.91. The lowest BCUT2D eigenvalue weighted by Crippen LogP contribution is -2.36. The van der Waals surface area contributed by atoms with E-state index >= 15 is 0 Å². The summed E-state index contributed by atoms with van der Waals surface area (Å²) in [6.45, 7) is 1.17. The first-order valence-electron chi connectivity index (χ1n) is 6.49. The number of hydrogen-bond donors (Lipinski definition) is 2. The van der Waals surface area contributed by atoms with E-state index in [4.69, 9.17) is 4.74 Å². The lowest BCUT2D eigenvalue weighted by atomic mass is 10.3. The van der Waals surface area contributed by atoms with E-state index in [1.54, 1.807) is 25.0 Å². The van der Waals surface area contributed by atoms with E-state index in [0.29, 0.717) is 24.9 Å². The van der Waals surface area contributed by atoms with E-state index in [0.717, 1.165) is 11.4 Å². The van der Waals surface area contributed by atoms with Crippen LogP contribution in [-0.4, -0.2) is 39.9 Å². The molecule has 2 heterocycles. The predicted octanol–water partition coefficient (Wildman–Crippen LogP) is 0.0839. The Morgan fingerprint density at radius 2 is 2.10 bits per heavy atom. The Bertz CT molecular complexity index is 591. The molecule has 2 aromatic rings. The Morgan fingerprint density at radius 3 is 2.67 bits per heavy atom. The van der Waals surface area contributed by atoms with Crippen molar-refractivity contribution in [1.82, 2.24) is 30.4 Å². The summed E-state index contributed by atoms with van der Waals surface area (Å²) in [5.41, 5.74) is 1.04. The highest BCUT2D eigenvalue weighted by Gasteiger charge is 2.03. The smallest absolute Gasteiger partial charge is 0.212 e. The van der Waals surface area contributed by atoms with Gasteiger partial charge in [-0.2, -0.15) is 5.10 Å². The number of hydrogen-bond acceptors (Lipinski definition) is 5. The topological polar surface area (TPSA) is 89.2 Å². The molecule has 0 saturated carbocycles. The Balaban J connectivity index is 1.83. The highest BCUT2D eigenvalue weighted by atomic mass is 16.5. The maximum Gasteiger partial charge on any atom is 0.212 e. The molecule has 0 unspecified atom stereocenters. The van der Waals surface area contributed by atoms with Crippen LogP contribution in [0.15, 0.2) is 29.6 Å². The van der Waals surface area contributed by atoms with E-state index in [1.165, 1.54) is 6.33 Å². The largest absolute Gasteiger partial charge is 0.481 e. The molecular weight excluding hydrogens is 270 g/mol. The summed E-state index contributed by atoms with van der Waals surface area (Å²) in [5.74, 6) is 2.13. The number of pyridine rings is 1. The number of nitrogens with one attached hydrogen (secondary N) is 2. The molecule has 2 N–H and O–H groups in total. The predicted molar refractivity (Wildman–Crippen MR) is 78.8 cm³/mol. The second-order valence-corrected chi connectivity index (χ2v) is 4.29. The van der Waals surface area contributed by atoms with E-state index in [9.17, 15) is 0 Å². The minimum atomic E-state index is 0.553. The minimum absolute atomic E-state index is 0.553. The first kappa shape index (κ1) is 14.8. The van der Waals surface area contributed by atoms with Crippen LogP contribution in [0, 0.1) is 0 Å². The molecule has 21 heavy (non-hydrogen) atoms. The van der Waals surface area contributed by atoms with Crippen LogP contribution >= 0.6 is 0 Å². The normalized spacial score (nSPS) is 11.3. The monoisotopic (exact) mass is 289 g/mol. The van der Waals surface area contributed by atoms with E-state index in [1.807, 2.05) is 19.2 Å². The minimum Gasteiger partial charge on any atom is -0.481 e. The maximum absolute atomic E-state index is 5.02. The third-order valence-corrected chi connectivity index (χ3v) is 2.91. The molecule has 0 spiro atoms. The van der Waals surface area contributed by atoms with Crippen molar-refractivity contribution >= 4 is 5.96 Å². The van der Waals surface area contributed by atoms with Gasteiger partial charge in [0.05, 0.1) is 13.7 Å². The lowest BCUT2D eigenvalue weighted by Gasteiger charge is -2.11. The van der Waals surface area contributed by atoms with Crippen molar-refractivity contribution in [3.05, 3.63) is 36.0 Å². The third kappa shape index (κ3) is 4.16. The quantitative estimate of drug-likeness (QED) is 0.599. The molecule has 0 aromatic carbocycles. The molecule has 0 aliphatic rings. The molecule has 0 amide bonds. The van der Waals surface area contributed by atoms with Crippen LogP contribution in [0.25, 0.3) is 0 Å². The van der Waals surface area contributed by atoms with Crippen molar-refractivity contribution in [2.45, 2.75) is 13.1 Å². The van der Waals surface area contributed by atoms with Gasteiger partial charge < -0.3 is 15.4 Å². The first-order chi connectivity index (χ1) is 10.2. The Morgan fingerprint density at radius 1 is 1.29 bits per heavy atom. The molecule has 0 aliphatic carbocycles. The molecular formula is C13H19N7O. The molecule has 112 valence electrons. The van der Waals surface area contributed by atoms with Gasteiger partial charge in [-0.1, -0.05) is 6.07 Å². The first-order valence-corrected chi connectivity index (χ1v) is 6.49. The standard InChI is InChI=1S/C13H19N7O/c1-14-13(17-8-11-18-9-19-20(11)2)16-7-10-4-5-12(21-3)15-6-10/h4-6,9H,7-8H2,1-3H3,(H2,14,16,17). The zero-order chi connectivity index (χ0) is 15.1. The van der Waals surface area contributed by atoms with Gasteiger partial charge >= 0.3 is 0 Å². The second-order valence-electron chi connectivity index (χ2n) is 4.29. The average Bonchev–Trinajstić information content (AvgIpc) is 2.93. The van der Waals surface area contributed by atoms with Crippen molar-refractivity contribution in [1.29, 1.82) is 0 Å². The zero-order valence-corrected chi connectivity index (χ0v) is 12.4. The van der Waals surface area contributed by atoms with Crippen molar-refractivity contribution in [3.8, 4) is 5.88 Å². The molecule has 8 heteroatoms. The molecule has 2 aromatic heterocycles. The highest BCUT2D eigenvalue weighted by Crippen LogP contribution is 2.06. The fourth-order valence-corrected chi connectivity index (χ4v) is 1.69. The van der Waals surface area contributed by atoms with E-state index in [-0.39, 0.29) is 0 Å². The fraction of sp³-hybridized carbons (Fsp3) is 0.385. The molecule has 0 aliphatic heterocycles. The van der Waals surface area contributed by atoms with Gasteiger partial charge in [0.2, 0.25) is 5.88 Å². The average molecular weight is 289 g/mol. The SMILES string of the molecule is CN=C(NCc1ccc(OC)nc1)NCc1ncnn1C. The van der Waals surface area contributed by atoms with Gasteiger partial charge in [-0.05, 0) is 5.56 Å². The zero-order valence-electron chi connectivity index (χ0n) is 12.4.